The number of carbonyl (C=O) groups excluding carboxylic acids is 3. The first kappa shape index (κ1) is 34.8. The van der Waals surface area contributed by atoms with Gasteiger partial charge in [-0.3, -0.25) is 24.1 Å². The third-order valence-electron chi connectivity index (χ3n) is 10.8. The third kappa shape index (κ3) is 7.13. The number of pyridine rings is 1. The fourth-order valence-electron chi connectivity index (χ4n) is 7.19. The molecule has 7 rings (SSSR count). The van der Waals surface area contributed by atoms with Crippen LogP contribution < -0.4 is 24.8 Å². The van der Waals surface area contributed by atoms with Gasteiger partial charge in [0.05, 0.1) is 23.9 Å². The van der Waals surface area contributed by atoms with Crippen LogP contribution in [0, 0.1) is 5.92 Å². The van der Waals surface area contributed by atoms with Crippen LogP contribution in [-0.4, -0.2) is 78.2 Å². The fraction of sp³-hybridized carbons (Fsp3) is 0.474. The van der Waals surface area contributed by atoms with E-state index in [9.17, 15) is 22.8 Å². The highest BCUT2D eigenvalue weighted by Crippen LogP contribution is 2.47. The average molecular weight is 716 g/mol. The van der Waals surface area contributed by atoms with Gasteiger partial charge in [0, 0.05) is 35.7 Å². The second-order valence-electron chi connectivity index (χ2n) is 14.5. The van der Waals surface area contributed by atoms with E-state index in [4.69, 9.17) is 9.47 Å². The summed E-state index contributed by atoms with van der Waals surface area (Å²) in [5, 5.41) is 7.12. The van der Waals surface area contributed by atoms with Crippen LogP contribution in [0.15, 0.2) is 72.9 Å². The molecule has 4 aliphatic rings. The number of rotatable bonds is 8. The maximum Gasteiger partial charge on any atom is 0.259 e. The third-order valence-corrected chi connectivity index (χ3v) is 13.0. The summed E-state index contributed by atoms with van der Waals surface area (Å²) in [6.07, 6.45) is 10.3. The Morgan fingerprint density at radius 2 is 1.86 bits per heavy atom. The number of allylic oxidation sites excluding steroid dienone is 1. The fourth-order valence-corrected chi connectivity index (χ4v) is 8.51. The number of carbonyl (C=O) groups is 3. The van der Waals surface area contributed by atoms with Crippen molar-refractivity contribution in [2.75, 3.05) is 19.0 Å². The van der Waals surface area contributed by atoms with Crippen molar-refractivity contribution in [1.29, 1.82) is 0 Å². The molecule has 0 spiro atoms. The average Bonchev–Trinajstić information content (AvgIpc) is 4.00. The summed E-state index contributed by atoms with van der Waals surface area (Å²) >= 11 is 0. The Labute approximate surface area is 298 Å². The molecule has 13 heteroatoms. The second-order valence-corrected chi connectivity index (χ2v) is 16.7. The van der Waals surface area contributed by atoms with Gasteiger partial charge in [-0.1, -0.05) is 43.2 Å². The lowest BCUT2D eigenvalue weighted by atomic mass is 10.0. The summed E-state index contributed by atoms with van der Waals surface area (Å²) < 4.78 is 39.4. The number of nitrogens with one attached hydrogen (secondary N) is 3. The molecule has 5 atom stereocenters. The number of hydrogen-bond donors (Lipinski definition) is 3. The van der Waals surface area contributed by atoms with Crippen molar-refractivity contribution in [1.82, 2.24) is 19.9 Å². The quantitative estimate of drug-likeness (QED) is 0.287. The Kier molecular flexibility index (Phi) is 9.42. The van der Waals surface area contributed by atoms with Crippen LogP contribution in [0.1, 0.15) is 64.7 Å². The molecule has 3 heterocycles. The highest BCUT2D eigenvalue weighted by molar-refractivity contribution is 7.91. The normalized spacial score (nSPS) is 28.2. The predicted molar refractivity (Wildman–Crippen MR) is 193 cm³/mol. The predicted octanol–water partition coefficient (Wildman–Crippen LogP) is 4.47. The Bertz CT molecular complexity index is 1950. The molecule has 0 unspecified atom stereocenters. The number of methoxy groups -OCH3 is 1. The molecule has 0 bridgehead atoms. The van der Waals surface area contributed by atoms with E-state index in [1.54, 1.807) is 31.2 Å². The number of amides is 3. The molecular formula is C38H45N5O7S. The number of aromatic nitrogens is 1. The van der Waals surface area contributed by atoms with Crippen molar-refractivity contribution >= 4 is 44.3 Å². The van der Waals surface area contributed by atoms with E-state index in [2.05, 4.69) is 20.3 Å². The van der Waals surface area contributed by atoms with Gasteiger partial charge < -0.3 is 25.0 Å². The number of ether oxygens (including phenoxy) is 2. The zero-order chi connectivity index (χ0) is 35.8. The van der Waals surface area contributed by atoms with Crippen LogP contribution in [0.2, 0.25) is 0 Å². The lowest BCUT2D eigenvalue weighted by molar-refractivity contribution is -0.140. The Balaban J connectivity index is 1.20. The van der Waals surface area contributed by atoms with E-state index in [1.165, 1.54) is 0 Å². The second kappa shape index (κ2) is 13.8. The smallest absolute Gasteiger partial charge is 0.259 e. The summed E-state index contributed by atoms with van der Waals surface area (Å²) in [6, 6.07) is 15.2. The van der Waals surface area contributed by atoms with Crippen molar-refractivity contribution in [3.63, 3.8) is 0 Å². The summed E-state index contributed by atoms with van der Waals surface area (Å²) in [6.45, 7) is 1.75. The molecule has 2 aliphatic carbocycles. The number of nitrogens with zero attached hydrogens (tertiary/aromatic N) is 2. The Hall–Kier alpha value is -4.65. The summed E-state index contributed by atoms with van der Waals surface area (Å²) in [5.41, 5.74) is 0.0312. The van der Waals surface area contributed by atoms with Gasteiger partial charge in [0.15, 0.2) is 0 Å². The SMILES string of the molecule is COc1ccc2c(O[C@@H]3C[C@H]4C(=O)N[C@]5(C(=O)NS(=O)(=O)C6(C)CC6)C[C@H]5/C=C\CCCCC[C@H](Nc5ccccc5)C(=O)N4C3)ccnc2c1. The van der Waals surface area contributed by atoms with E-state index >= 15 is 0 Å². The number of benzene rings is 2. The van der Waals surface area contributed by atoms with E-state index in [-0.39, 0.29) is 31.2 Å². The molecule has 3 amide bonds. The van der Waals surface area contributed by atoms with E-state index in [0.717, 1.165) is 36.8 Å². The number of anilines is 1. The van der Waals surface area contributed by atoms with Crippen LogP contribution in [0.25, 0.3) is 10.9 Å². The molecule has 3 aromatic rings. The monoisotopic (exact) mass is 715 g/mol. The number of para-hydroxylation sites is 1. The first-order valence-corrected chi connectivity index (χ1v) is 19.3. The zero-order valence-corrected chi connectivity index (χ0v) is 29.8. The van der Waals surface area contributed by atoms with Crippen molar-refractivity contribution in [3.8, 4) is 11.5 Å². The van der Waals surface area contributed by atoms with E-state index < -0.39 is 50.3 Å². The van der Waals surface area contributed by atoms with Gasteiger partial charge in [0.2, 0.25) is 21.8 Å². The largest absolute Gasteiger partial charge is 0.497 e. The highest BCUT2D eigenvalue weighted by atomic mass is 32.2. The standard InChI is InChI=1S/C38H45N5O7S/c1-37(18-19-37)51(47,48)42-36(46)38-23-25(38)11-7-4-3-5-10-14-30(40-26-12-8-6-9-13-26)35(45)43-24-28(22-32(43)34(44)41-38)50-33-17-20-39-31-21-27(49-2)15-16-29(31)33/h6-9,11-13,15-17,20-21,25,28,30,32,40H,3-5,10,14,18-19,22-24H2,1-2H3,(H,41,44)(H,42,46)/b11-7-/t25-,28-,30+,32+,38-/m1/s1. The van der Waals surface area contributed by atoms with Gasteiger partial charge in [-0.25, -0.2) is 8.42 Å². The number of sulfonamides is 1. The molecule has 2 saturated carbocycles. The molecule has 1 saturated heterocycles. The molecule has 3 N–H and O–H groups in total. The minimum atomic E-state index is -3.94. The molecule has 2 aliphatic heterocycles. The molecular weight excluding hydrogens is 671 g/mol. The van der Waals surface area contributed by atoms with Gasteiger partial charge >= 0.3 is 0 Å². The van der Waals surface area contributed by atoms with Crippen molar-refractivity contribution < 1.29 is 32.3 Å². The lowest BCUT2D eigenvalue weighted by Crippen LogP contribution is -2.58. The van der Waals surface area contributed by atoms with Crippen molar-refractivity contribution in [3.05, 3.63) is 72.9 Å². The van der Waals surface area contributed by atoms with Gasteiger partial charge in [-0.2, -0.15) is 0 Å². The van der Waals surface area contributed by atoms with Crippen LogP contribution in [0.5, 0.6) is 11.5 Å². The van der Waals surface area contributed by atoms with Crippen LogP contribution in [0.3, 0.4) is 0 Å². The minimum Gasteiger partial charge on any atom is -0.497 e. The van der Waals surface area contributed by atoms with Crippen molar-refractivity contribution in [2.24, 2.45) is 5.92 Å². The number of hydrogen-bond acceptors (Lipinski definition) is 9. The van der Waals surface area contributed by atoms with Gasteiger partial charge in [0.1, 0.15) is 35.2 Å². The molecule has 270 valence electrons. The minimum absolute atomic E-state index is 0.138. The number of fused-ring (bicyclic) bond motifs is 3. The maximum atomic E-state index is 14.5. The summed E-state index contributed by atoms with van der Waals surface area (Å²) in [7, 11) is -2.35. The van der Waals surface area contributed by atoms with E-state index in [1.807, 2.05) is 60.7 Å². The molecule has 3 fully saturated rings. The van der Waals surface area contributed by atoms with E-state index in [0.29, 0.717) is 36.3 Å². The molecule has 2 aromatic carbocycles. The highest BCUT2D eigenvalue weighted by Gasteiger charge is 2.63. The molecule has 1 aromatic heterocycles. The molecule has 0 radical (unpaired) electrons. The van der Waals surface area contributed by atoms with Crippen LogP contribution in [-0.2, 0) is 24.4 Å². The first-order valence-electron chi connectivity index (χ1n) is 17.8. The van der Waals surface area contributed by atoms with Gasteiger partial charge in [0.25, 0.3) is 5.91 Å². The van der Waals surface area contributed by atoms with Crippen molar-refractivity contribution in [2.45, 2.75) is 93.2 Å². The van der Waals surface area contributed by atoms with Crippen LogP contribution >= 0.6 is 0 Å². The Morgan fingerprint density at radius 1 is 1.06 bits per heavy atom. The topological polar surface area (TPSA) is 156 Å². The maximum absolute atomic E-state index is 14.5. The first-order chi connectivity index (χ1) is 24.5. The summed E-state index contributed by atoms with van der Waals surface area (Å²) in [5.74, 6) is -0.661. The lowest BCUT2D eigenvalue weighted by Gasteiger charge is -2.30. The Morgan fingerprint density at radius 3 is 2.63 bits per heavy atom. The van der Waals surface area contributed by atoms with Gasteiger partial charge in [-0.15, -0.1) is 0 Å². The molecule has 51 heavy (non-hydrogen) atoms. The van der Waals surface area contributed by atoms with Crippen LogP contribution in [0.4, 0.5) is 5.69 Å². The summed E-state index contributed by atoms with van der Waals surface area (Å²) in [4.78, 5) is 48.8. The zero-order valence-electron chi connectivity index (χ0n) is 29.0. The molecule has 12 nitrogen and oxygen atoms in total. The van der Waals surface area contributed by atoms with Gasteiger partial charge in [-0.05, 0) is 75.8 Å².